The summed E-state index contributed by atoms with van der Waals surface area (Å²) in [6.45, 7) is 0. The van der Waals surface area contributed by atoms with Crippen molar-refractivity contribution >= 4 is 5.91 Å². The topological polar surface area (TPSA) is 56.0 Å². The second-order valence-corrected chi connectivity index (χ2v) is 3.50. The number of nitrogens with zero attached hydrogens (tertiary/aromatic N) is 1. The van der Waals surface area contributed by atoms with Gasteiger partial charge in [-0.2, -0.15) is 0 Å². The quantitative estimate of drug-likeness (QED) is 0.791. The average molecular weight is 200 g/mol. The first-order valence-electron chi connectivity index (χ1n) is 4.86. The molecule has 1 atom stereocenters. The number of hydrogen-bond acceptors (Lipinski definition) is 2. The van der Waals surface area contributed by atoms with Crippen LogP contribution in [0.25, 0.3) is 0 Å². The highest BCUT2D eigenvalue weighted by atomic mass is 16.1. The Morgan fingerprint density at radius 3 is 2.80 bits per heavy atom. The van der Waals surface area contributed by atoms with E-state index in [1.807, 2.05) is 18.2 Å². The van der Waals surface area contributed by atoms with Crippen LogP contribution in [-0.4, -0.2) is 10.9 Å². The van der Waals surface area contributed by atoms with Gasteiger partial charge in [-0.05, 0) is 18.1 Å². The molecule has 3 heteroatoms. The Bertz CT molecular complexity index is 418. The predicted octanol–water partition coefficient (Wildman–Crippen LogP) is 1.78. The maximum Gasteiger partial charge on any atom is 0.267 e. The molecule has 0 aromatic carbocycles. The first-order chi connectivity index (χ1) is 7.27. The lowest BCUT2D eigenvalue weighted by molar-refractivity contribution is 0.0995. The molecule has 1 aromatic heterocycles. The number of nitrogens with two attached hydrogens (primary N) is 1. The summed E-state index contributed by atoms with van der Waals surface area (Å²) >= 11 is 0. The van der Waals surface area contributed by atoms with Gasteiger partial charge in [0.1, 0.15) is 5.69 Å². The molecule has 15 heavy (non-hydrogen) atoms. The monoisotopic (exact) mass is 200 g/mol. The van der Waals surface area contributed by atoms with Gasteiger partial charge in [-0.3, -0.25) is 9.78 Å². The van der Waals surface area contributed by atoms with Gasteiger partial charge in [-0.25, -0.2) is 0 Å². The van der Waals surface area contributed by atoms with E-state index in [1.54, 1.807) is 12.3 Å². The number of aromatic nitrogens is 1. The maximum atomic E-state index is 10.8. The molecule has 1 unspecified atom stereocenters. The smallest absolute Gasteiger partial charge is 0.267 e. The number of allylic oxidation sites excluding steroid dienone is 4. The third kappa shape index (κ3) is 2.13. The van der Waals surface area contributed by atoms with Crippen LogP contribution in [0, 0.1) is 0 Å². The molecule has 0 saturated carbocycles. The summed E-state index contributed by atoms with van der Waals surface area (Å²) in [5, 5.41) is 0. The van der Waals surface area contributed by atoms with Crippen molar-refractivity contribution < 1.29 is 4.79 Å². The van der Waals surface area contributed by atoms with Gasteiger partial charge in [0.15, 0.2) is 0 Å². The van der Waals surface area contributed by atoms with Gasteiger partial charge >= 0.3 is 0 Å². The molecule has 0 bridgehead atoms. The molecular weight excluding hydrogens is 188 g/mol. The van der Waals surface area contributed by atoms with E-state index in [0.717, 1.165) is 12.0 Å². The van der Waals surface area contributed by atoms with Crippen molar-refractivity contribution in [2.24, 2.45) is 5.73 Å². The molecule has 0 spiro atoms. The van der Waals surface area contributed by atoms with Gasteiger partial charge in [0.05, 0.1) is 0 Å². The summed E-state index contributed by atoms with van der Waals surface area (Å²) in [6.07, 6.45) is 11.0. The summed E-state index contributed by atoms with van der Waals surface area (Å²) in [4.78, 5) is 14.8. The zero-order valence-corrected chi connectivity index (χ0v) is 8.26. The van der Waals surface area contributed by atoms with Crippen molar-refractivity contribution in [3.8, 4) is 0 Å². The van der Waals surface area contributed by atoms with Gasteiger partial charge in [-0.1, -0.05) is 30.4 Å². The maximum absolute atomic E-state index is 10.8. The second kappa shape index (κ2) is 4.09. The van der Waals surface area contributed by atoms with Gasteiger partial charge in [0, 0.05) is 12.1 Å². The summed E-state index contributed by atoms with van der Waals surface area (Å²) in [5.74, 6) is -0.120. The minimum atomic E-state index is -0.486. The summed E-state index contributed by atoms with van der Waals surface area (Å²) in [7, 11) is 0. The Morgan fingerprint density at radius 2 is 2.27 bits per heavy atom. The molecule has 2 rings (SSSR count). The van der Waals surface area contributed by atoms with Crippen LogP contribution < -0.4 is 5.73 Å². The summed E-state index contributed by atoms with van der Waals surface area (Å²) in [5.41, 5.74) is 6.54. The Labute approximate surface area is 88.3 Å². The van der Waals surface area contributed by atoms with Crippen LogP contribution in [0.2, 0.25) is 0 Å². The standard InChI is InChI=1S/C12H12N2O/c13-12(15)11-7-6-10(8-14-11)9-4-2-1-3-5-9/h1-4,6-9H,5H2,(H2,13,15). The molecule has 0 radical (unpaired) electrons. The molecule has 0 fully saturated rings. The Balaban J connectivity index is 2.20. The molecule has 0 saturated heterocycles. The fourth-order valence-electron chi connectivity index (χ4n) is 1.60. The highest BCUT2D eigenvalue weighted by molar-refractivity contribution is 5.90. The number of primary amides is 1. The number of amides is 1. The molecular formula is C12H12N2O. The number of pyridine rings is 1. The van der Waals surface area contributed by atoms with Crippen LogP contribution in [0.15, 0.2) is 42.6 Å². The Kier molecular flexibility index (Phi) is 2.63. The Hall–Kier alpha value is -1.90. The van der Waals surface area contributed by atoms with E-state index in [4.69, 9.17) is 5.73 Å². The molecule has 1 aromatic rings. The second-order valence-electron chi connectivity index (χ2n) is 3.50. The van der Waals surface area contributed by atoms with Gasteiger partial charge in [0.25, 0.3) is 5.91 Å². The lowest BCUT2D eigenvalue weighted by atomic mass is 9.94. The molecule has 1 aliphatic rings. The molecule has 1 amide bonds. The van der Waals surface area contributed by atoms with Gasteiger partial charge < -0.3 is 5.73 Å². The van der Waals surface area contributed by atoms with E-state index in [-0.39, 0.29) is 0 Å². The van der Waals surface area contributed by atoms with Crippen LogP contribution >= 0.6 is 0 Å². The van der Waals surface area contributed by atoms with Gasteiger partial charge in [-0.15, -0.1) is 0 Å². The van der Waals surface area contributed by atoms with Crippen LogP contribution in [0.3, 0.4) is 0 Å². The predicted molar refractivity (Wildman–Crippen MR) is 58.4 cm³/mol. The van der Waals surface area contributed by atoms with E-state index in [0.29, 0.717) is 11.6 Å². The lowest BCUT2D eigenvalue weighted by Crippen LogP contribution is -2.13. The normalized spacial score (nSPS) is 19.1. The zero-order chi connectivity index (χ0) is 10.7. The van der Waals surface area contributed by atoms with E-state index in [2.05, 4.69) is 17.1 Å². The van der Waals surface area contributed by atoms with Crippen molar-refractivity contribution in [1.82, 2.24) is 4.98 Å². The minimum Gasteiger partial charge on any atom is -0.364 e. The third-order valence-corrected chi connectivity index (χ3v) is 2.45. The first kappa shape index (κ1) is 9.65. The molecule has 0 aliphatic heterocycles. The van der Waals surface area contributed by atoms with Crippen molar-refractivity contribution in [3.63, 3.8) is 0 Å². The summed E-state index contributed by atoms with van der Waals surface area (Å²) < 4.78 is 0. The molecule has 1 aliphatic carbocycles. The van der Waals surface area contributed by atoms with Crippen molar-refractivity contribution in [2.75, 3.05) is 0 Å². The van der Waals surface area contributed by atoms with E-state index >= 15 is 0 Å². The fourth-order valence-corrected chi connectivity index (χ4v) is 1.60. The van der Waals surface area contributed by atoms with E-state index < -0.39 is 5.91 Å². The van der Waals surface area contributed by atoms with Crippen LogP contribution in [-0.2, 0) is 0 Å². The molecule has 2 N–H and O–H groups in total. The van der Waals surface area contributed by atoms with E-state index in [1.165, 1.54) is 0 Å². The highest BCUT2D eigenvalue weighted by Gasteiger charge is 2.09. The number of rotatable bonds is 2. The van der Waals surface area contributed by atoms with Crippen molar-refractivity contribution in [2.45, 2.75) is 12.3 Å². The number of hydrogen-bond donors (Lipinski definition) is 1. The van der Waals surface area contributed by atoms with Crippen molar-refractivity contribution in [3.05, 3.63) is 53.9 Å². The third-order valence-electron chi connectivity index (χ3n) is 2.45. The average Bonchev–Trinajstić information content (AvgIpc) is 2.30. The van der Waals surface area contributed by atoms with E-state index in [9.17, 15) is 4.79 Å². The highest BCUT2D eigenvalue weighted by Crippen LogP contribution is 2.23. The zero-order valence-electron chi connectivity index (χ0n) is 8.26. The molecule has 3 nitrogen and oxygen atoms in total. The van der Waals surface area contributed by atoms with Crippen LogP contribution in [0.4, 0.5) is 0 Å². The SMILES string of the molecule is NC(=O)c1ccc(C2C=CC=CC2)cn1. The molecule has 76 valence electrons. The Morgan fingerprint density at radius 1 is 1.40 bits per heavy atom. The van der Waals surface area contributed by atoms with Crippen LogP contribution in [0.1, 0.15) is 28.4 Å². The lowest BCUT2D eigenvalue weighted by Gasteiger charge is -2.12. The largest absolute Gasteiger partial charge is 0.364 e. The first-order valence-corrected chi connectivity index (χ1v) is 4.86. The van der Waals surface area contributed by atoms with Gasteiger partial charge in [0.2, 0.25) is 0 Å². The van der Waals surface area contributed by atoms with Crippen LogP contribution in [0.5, 0.6) is 0 Å². The molecule has 1 heterocycles. The number of carbonyl (C=O) groups is 1. The fraction of sp³-hybridized carbons (Fsp3) is 0.167. The number of carbonyl (C=O) groups excluding carboxylic acids is 1. The summed E-state index contributed by atoms with van der Waals surface area (Å²) in [6, 6.07) is 3.57. The van der Waals surface area contributed by atoms with Crippen molar-refractivity contribution in [1.29, 1.82) is 0 Å². The minimum absolute atomic E-state index is 0.314.